The Balaban J connectivity index is 1.49. The van der Waals surface area contributed by atoms with Crippen molar-refractivity contribution in [2.24, 2.45) is 0 Å². The summed E-state index contributed by atoms with van der Waals surface area (Å²) in [6, 6.07) is 14.6. The lowest BCUT2D eigenvalue weighted by Gasteiger charge is -2.21. The molecule has 5 heteroatoms. The van der Waals surface area contributed by atoms with Crippen molar-refractivity contribution in [1.29, 1.82) is 0 Å². The van der Waals surface area contributed by atoms with E-state index in [1.54, 1.807) is 12.4 Å². The average Bonchev–Trinajstić information content (AvgIpc) is 3.30. The molecular weight excluding hydrogens is 348 g/mol. The highest BCUT2D eigenvalue weighted by Gasteiger charge is 2.24. The highest BCUT2D eigenvalue weighted by molar-refractivity contribution is 6.33. The number of para-hydroxylation sites is 1. The number of pyridine rings is 1. The molecule has 0 aliphatic carbocycles. The second-order valence-electron chi connectivity index (χ2n) is 6.52. The topological polar surface area (TPSA) is 34.6 Å². The lowest BCUT2D eigenvalue weighted by molar-refractivity contribution is 0.173. The standard InChI is InChI=1S/C21H17ClN2O2/c22-18-11-23-8-6-17(18)15-5-4-14-7-9-24(19(14)10-15)12-16-2-1-3-20-21(16)26-13-25-20/h1-6,8,10-11H,7,9,12-13H2. The van der Waals surface area contributed by atoms with E-state index >= 15 is 0 Å². The normalized spacial score (nSPS) is 14.6. The molecule has 0 amide bonds. The van der Waals surface area contributed by atoms with Crippen LogP contribution in [0.15, 0.2) is 54.9 Å². The molecule has 0 saturated heterocycles. The Morgan fingerprint density at radius 1 is 1.12 bits per heavy atom. The van der Waals surface area contributed by atoms with Crippen molar-refractivity contribution in [3.8, 4) is 22.6 Å². The van der Waals surface area contributed by atoms with E-state index in [0.717, 1.165) is 47.7 Å². The summed E-state index contributed by atoms with van der Waals surface area (Å²) < 4.78 is 11.2. The van der Waals surface area contributed by atoms with E-state index in [0.29, 0.717) is 11.8 Å². The lowest BCUT2D eigenvalue weighted by atomic mass is 10.0. The second-order valence-corrected chi connectivity index (χ2v) is 6.93. The van der Waals surface area contributed by atoms with Crippen LogP contribution in [0.25, 0.3) is 11.1 Å². The van der Waals surface area contributed by atoms with Crippen LogP contribution in [0.3, 0.4) is 0 Å². The molecule has 0 N–H and O–H groups in total. The van der Waals surface area contributed by atoms with Gasteiger partial charge in [-0.1, -0.05) is 35.9 Å². The molecule has 130 valence electrons. The third kappa shape index (κ3) is 2.58. The molecule has 0 unspecified atom stereocenters. The quantitative estimate of drug-likeness (QED) is 0.675. The van der Waals surface area contributed by atoms with Crippen LogP contribution in [0.1, 0.15) is 11.1 Å². The van der Waals surface area contributed by atoms with E-state index in [9.17, 15) is 0 Å². The van der Waals surface area contributed by atoms with Crippen LogP contribution in [0.5, 0.6) is 11.5 Å². The zero-order chi connectivity index (χ0) is 17.5. The number of hydrogen-bond donors (Lipinski definition) is 0. The van der Waals surface area contributed by atoms with Gasteiger partial charge in [0.15, 0.2) is 11.5 Å². The fourth-order valence-corrected chi connectivity index (χ4v) is 3.94. The summed E-state index contributed by atoms with van der Waals surface area (Å²) in [7, 11) is 0. The number of rotatable bonds is 3. The zero-order valence-electron chi connectivity index (χ0n) is 14.1. The summed E-state index contributed by atoms with van der Waals surface area (Å²) in [5.41, 5.74) is 5.89. The third-order valence-electron chi connectivity index (χ3n) is 5.00. The van der Waals surface area contributed by atoms with Gasteiger partial charge in [-0.2, -0.15) is 0 Å². The van der Waals surface area contributed by atoms with Crippen LogP contribution in [-0.4, -0.2) is 18.3 Å². The first-order chi connectivity index (χ1) is 12.8. The van der Waals surface area contributed by atoms with Crippen LogP contribution < -0.4 is 14.4 Å². The van der Waals surface area contributed by atoms with Crippen molar-refractivity contribution in [1.82, 2.24) is 4.98 Å². The summed E-state index contributed by atoms with van der Waals surface area (Å²) >= 11 is 6.33. The van der Waals surface area contributed by atoms with E-state index in [-0.39, 0.29) is 0 Å². The summed E-state index contributed by atoms with van der Waals surface area (Å²) in [4.78, 5) is 6.47. The van der Waals surface area contributed by atoms with Gasteiger partial charge in [-0.05, 0) is 35.7 Å². The molecule has 2 aliphatic heterocycles. The van der Waals surface area contributed by atoms with E-state index in [1.807, 2.05) is 18.2 Å². The van der Waals surface area contributed by atoms with Crippen LogP contribution in [0.2, 0.25) is 5.02 Å². The third-order valence-corrected chi connectivity index (χ3v) is 5.30. The van der Waals surface area contributed by atoms with Crippen molar-refractivity contribution < 1.29 is 9.47 Å². The molecule has 5 rings (SSSR count). The molecule has 0 radical (unpaired) electrons. The molecule has 2 aromatic carbocycles. The number of anilines is 1. The van der Waals surface area contributed by atoms with Gasteiger partial charge in [0.25, 0.3) is 0 Å². The Morgan fingerprint density at radius 3 is 3.00 bits per heavy atom. The molecule has 0 saturated carbocycles. The van der Waals surface area contributed by atoms with Crippen LogP contribution in [-0.2, 0) is 13.0 Å². The molecule has 0 fully saturated rings. The Kier molecular flexibility index (Phi) is 3.71. The van der Waals surface area contributed by atoms with Crippen molar-refractivity contribution in [3.05, 3.63) is 71.0 Å². The predicted octanol–water partition coefficient (Wildman–Crippen LogP) is 4.69. The fraction of sp³-hybridized carbons (Fsp3) is 0.190. The SMILES string of the molecule is Clc1cnccc1-c1ccc2c(c1)N(Cc1cccc3c1OCO3)CC2. The van der Waals surface area contributed by atoms with E-state index in [2.05, 4.69) is 34.1 Å². The number of nitrogens with zero attached hydrogens (tertiary/aromatic N) is 2. The number of hydrogen-bond acceptors (Lipinski definition) is 4. The Labute approximate surface area is 157 Å². The summed E-state index contributed by atoms with van der Waals surface area (Å²) in [5, 5.41) is 0.670. The highest BCUT2D eigenvalue weighted by Crippen LogP contribution is 2.39. The minimum Gasteiger partial charge on any atom is -0.454 e. The maximum absolute atomic E-state index is 6.33. The highest BCUT2D eigenvalue weighted by atomic mass is 35.5. The van der Waals surface area contributed by atoms with Gasteiger partial charge in [0.05, 0.1) is 5.02 Å². The van der Waals surface area contributed by atoms with Gasteiger partial charge in [-0.15, -0.1) is 0 Å². The Hall–Kier alpha value is -2.72. The van der Waals surface area contributed by atoms with E-state index < -0.39 is 0 Å². The Morgan fingerprint density at radius 2 is 2.08 bits per heavy atom. The number of benzene rings is 2. The Bertz CT molecular complexity index is 989. The number of fused-ring (bicyclic) bond motifs is 2. The lowest BCUT2D eigenvalue weighted by Crippen LogP contribution is -2.20. The summed E-state index contributed by atoms with van der Waals surface area (Å²) in [5.74, 6) is 1.70. The zero-order valence-corrected chi connectivity index (χ0v) is 14.9. The van der Waals surface area contributed by atoms with Crippen molar-refractivity contribution in [2.45, 2.75) is 13.0 Å². The van der Waals surface area contributed by atoms with Crippen molar-refractivity contribution in [2.75, 3.05) is 18.2 Å². The molecular formula is C21H17ClN2O2. The van der Waals surface area contributed by atoms with Crippen LogP contribution in [0, 0.1) is 0 Å². The minimum absolute atomic E-state index is 0.299. The number of aromatic nitrogens is 1. The molecule has 26 heavy (non-hydrogen) atoms. The molecule has 1 aromatic heterocycles. The summed E-state index contributed by atoms with van der Waals surface area (Å²) in [6.45, 7) is 2.09. The first-order valence-corrected chi connectivity index (χ1v) is 9.02. The van der Waals surface area contributed by atoms with Gasteiger partial charge < -0.3 is 14.4 Å². The van der Waals surface area contributed by atoms with Gasteiger partial charge in [-0.3, -0.25) is 4.98 Å². The fourth-order valence-electron chi connectivity index (χ4n) is 3.71. The number of halogens is 1. The second kappa shape index (κ2) is 6.22. The largest absolute Gasteiger partial charge is 0.454 e. The van der Waals surface area contributed by atoms with Crippen LogP contribution in [0.4, 0.5) is 5.69 Å². The van der Waals surface area contributed by atoms with Gasteiger partial charge in [0.2, 0.25) is 6.79 Å². The maximum Gasteiger partial charge on any atom is 0.231 e. The first kappa shape index (κ1) is 15.5. The molecule has 4 nitrogen and oxygen atoms in total. The van der Waals surface area contributed by atoms with E-state index in [4.69, 9.17) is 21.1 Å². The molecule has 0 spiro atoms. The molecule has 3 aromatic rings. The van der Waals surface area contributed by atoms with Crippen LogP contribution >= 0.6 is 11.6 Å². The van der Waals surface area contributed by atoms with E-state index in [1.165, 1.54) is 11.3 Å². The van der Waals surface area contributed by atoms with Gasteiger partial charge in [0.1, 0.15) is 0 Å². The summed E-state index contributed by atoms with van der Waals surface area (Å²) in [6.07, 6.45) is 4.51. The predicted molar refractivity (Wildman–Crippen MR) is 102 cm³/mol. The molecule has 2 aliphatic rings. The average molecular weight is 365 g/mol. The molecule has 0 atom stereocenters. The molecule has 3 heterocycles. The van der Waals surface area contributed by atoms with Crippen molar-refractivity contribution >= 4 is 17.3 Å². The van der Waals surface area contributed by atoms with Gasteiger partial charge in [-0.25, -0.2) is 0 Å². The monoisotopic (exact) mass is 364 g/mol. The smallest absolute Gasteiger partial charge is 0.231 e. The maximum atomic E-state index is 6.33. The minimum atomic E-state index is 0.299. The number of ether oxygens (including phenoxy) is 2. The first-order valence-electron chi connectivity index (χ1n) is 8.65. The molecule has 0 bridgehead atoms. The van der Waals surface area contributed by atoms with Crippen molar-refractivity contribution in [3.63, 3.8) is 0 Å². The van der Waals surface area contributed by atoms with Gasteiger partial charge >= 0.3 is 0 Å². The van der Waals surface area contributed by atoms with Gasteiger partial charge in [0, 0.05) is 42.3 Å².